The zero-order valence-electron chi connectivity index (χ0n) is 11.2. The van der Waals surface area contributed by atoms with E-state index in [9.17, 15) is 9.59 Å². The molecule has 2 aliphatic rings. The van der Waals surface area contributed by atoms with Crippen LogP contribution in [-0.2, 0) is 4.79 Å². The molecule has 6 nitrogen and oxygen atoms in total. The fourth-order valence-corrected chi connectivity index (χ4v) is 2.61. The highest BCUT2D eigenvalue weighted by atomic mass is 16.2. The van der Waals surface area contributed by atoms with E-state index >= 15 is 0 Å². The monoisotopic (exact) mass is 274 g/mol. The molecule has 1 aromatic rings. The van der Waals surface area contributed by atoms with Crippen LogP contribution in [0.15, 0.2) is 24.3 Å². The molecule has 2 fully saturated rings. The minimum absolute atomic E-state index is 0.00877. The first kappa shape index (κ1) is 12.9. The van der Waals surface area contributed by atoms with Crippen molar-refractivity contribution < 1.29 is 9.59 Å². The topological polar surface area (TPSA) is 73.5 Å². The standard InChI is InChI=1S/C14H18N4O2/c19-13(12-5-2-6-15-12)17-10-3-1-4-11(9-10)18-8-7-16-14(18)20/h1,3-4,9,12,15H,2,5-8H2,(H,16,20)(H,17,19). The Morgan fingerprint density at radius 3 is 2.95 bits per heavy atom. The molecule has 0 aliphatic carbocycles. The van der Waals surface area contributed by atoms with E-state index in [1.165, 1.54) is 0 Å². The van der Waals surface area contributed by atoms with Crippen molar-refractivity contribution in [3.05, 3.63) is 24.3 Å². The Kier molecular flexibility index (Phi) is 3.56. The zero-order chi connectivity index (χ0) is 13.9. The Hall–Kier alpha value is -2.08. The fourth-order valence-electron chi connectivity index (χ4n) is 2.61. The van der Waals surface area contributed by atoms with Crippen molar-refractivity contribution in [2.24, 2.45) is 0 Å². The van der Waals surface area contributed by atoms with Crippen molar-refractivity contribution >= 4 is 23.3 Å². The third kappa shape index (κ3) is 2.60. The van der Waals surface area contributed by atoms with Gasteiger partial charge in [-0.25, -0.2) is 4.79 Å². The number of carbonyl (C=O) groups excluding carboxylic acids is 2. The summed E-state index contributed by atoms with van der Waals surface area (Å²) in [5.41, 5.74) is 1.53. The minimum atomic E-state index is -0.103. The fraction of sp³-hybridized carbons (Fsp3) is 0.429. The van der Waals surface area contributed by atoms with Gasteiger partial charge < -0.3 is 16.0 Å². The molecule has 6 heteroatoms. The Balaban J connectivity index is 1.70. The SMILES string of the molecule is O=C(Nc1cccc(N2CCNC2=O)c1)C1CCCN1. The number of urea groups is 1. The van der Waals surface area contributed by atoms with Crippen LogP contribution >= 0.6 is 0 Å². The smallest absolute Gasteiger partial charge is 0.321 e. The first-order chi connectivity index (χ1) is 9.74. The van der Waals surface area contributed by atoms with Gasteiger partial charge in [-0.05, 0) is 37.6 Å². The third-order valence-corrected chi connectivity index (χ3v) is 3.66. The van der Waals surface area contributed by atoms with Crippen LogP contribution < -0.4 is 20.9 Å². The van der Waals surface area contributed by atoms with Crippen LogP contribution in [0.4, 0.5) is 16.2 Å². The number of rotatable bonds is 3. The second-order valence-corrected chi connectivity index (χ2v) is 5.07. The quantitative estimate of drug-likeness (QED) is 0.767. The Bertz CT molecular complexity index is 526. The van der Waals surface area contributed by atoms with Crippen molar-refractivity contribution in [2.45, 2.75) is 18.9 Å². The predicted molar refractivity (Wildman–Crippen MR) is 76.8 cm³/mol. The molecule has 1 unspecified atom stereocenters. The molecule has 0 saturated carbocycles. The average Bonchev–Trinajstić information content (AvgIpc) is 3.10. The van der Waals surface area contributed by atoms with Crippen LogP contribution in [0, 0.1) is 0 Å². The van der Waals surface area contributed by atoms with Crippen LogP contribution in [0.1, 0.15) is 12.8 Å². The molecule has 3 amide bonds. The van der Waals surface area contributed by atoms with Crippen molar-refractivity contribution in [2.75, 3.05) is 29.9 Å². The van der Waals surface area contributed by atoms with E-state index < -0.39 is 0 Å². The van der Waals surface area contributed by atoms with Crippen molar-refractivity contribution in [1.82, 2.24) is 10.6 Å². The van der Waals surface area contributed by atoms with Gasteiger partial charge in [0.05, 0.1) is 6.04 Å². The van der Waals surface area contributed by atoms with Gasteiger partial charge in [-0.1, -0.05) is 6.07 Å². The first-order valence-corrected chi connectivity index (χ1v) is 6.94. The molecule has 0 spiro atoms. The van der Waals surface area contributed by atoms with E-state index in [2.05, 4.69) is 16.0 Å². The van der Waals surface area contributed by atoms with Gasteiger partial charge in [0.1, 0.15) is 0 Å². The summed E-state index contributed by atoms with van der Waals surface area (Å²) in [6.45, 7) is 2.20. The number of benzene rings is 1. The highest BCUT2D eigenvalue weighted by Gasteiger charge is 2.23. The number of hydrogen-bond acceptors (Lipinski definition) is 3. The lowest BCUT2D eigenvalue weighted by Gasteiger charge is -2.16. The van der Waals surface area contributed by atoms with Gasteiger partial charge >= 0.3 is 6.03 Å². The van der Waals surface area contributed by atoms with Crippen molar-refractivity contribution in [1.29, 1.82) is 0 Å². The summed E-state index contributed by atoms with van der Waals surface area (Å²) in [7, 11) is 0. The molecule has 2 heterocycles. The van der Waals surface area contributed by atoms with Gasteiger partial charge in [0.2, 0.25) is 5.91 Å². The molecule has 0 bridgehead atoms. The summed E-state index contributed by atoms with van der Waals surface area (Å²) >= 11 is 0. The van der Waals surface area contributed by atoms with Crippen LogP contribution in [0.2, 0.25) is 0 Å². The lowest BCUT2D eigenvalue weighted by Crippen LogP contribution is -2.35. The summed E-state index contributed by atoms with van der Waals surface area (Å²) in [6.07, 6.45) is 1.91. The van der Waals surface area contributed by atoms with E-state index in [1.54, 1.807) is 4.90 Å². The lowest BCUT2D eigenvalue weighted by molar-refractivity contribution is -0.117. The Morgan fingerprint density at radius 2 is 2.25 bits per heavy atom. The number of hydrogen-bond donors (Lipinski definition) is 3. The average molecular weight is 274 g/mol. The minimum Gasteiger partial charge on any atom is -0.336 e. The van der Waals surface area contributed by atoms with E-state index in [0.29, 0.717) is 13.1 Å². The van der Waals surface area contributed by atoms with E-state index in [0.717, 1.165) is 30.8 Å². The molecule has 1 atom stereocenters. The van der Waals surface area contributed by atoms with Crippen molar-refractivity contribution in [3.8, 4) is 0 Å². The van der Waals surface area contributed by atoms with Gasteiger partial charge in [-0.15, -0.1) is 0 Å². The highest BCUT2D eigenvalue weighted by molar-refractivity contribution is 5.97. The maximum atomic E-state index is 12.0. The molecule has 0 radical (unpaired) electrons. The predicted octanol–water partition coefficient (Wildman–Crippen LogP) is 0.907. The Labute approximate surface area is 117 Å². The number of nitrogens with zero attached hydrogens (tertiary/aromatic N) is 1. The van der Waals surface area contributed by atoms with E-state index in [1.807, 2.05) is 24.3 Å². The summed E-state index contributed by atoms with van der Waals surface area (Å²) in [4.78, 5) is 25.4. The molecule has 0 aromatic heterocycles. The van der Waals surface area contributed by atoms with Gasteiger partial charge in [-0.3, -0.25) is 9.69 Å². The first-order valence-electron chi connectivity index (χ1n) is 6.94. The van der Waals surface area contributed by atoms with Crippen LogP contribution in [0.25, 0.3) is 0 Å². The molecule has 3 rings (SSSR count). The third-order valence-electron chi connectivity index (χ3n) is 3.66. The maximum Gasteiger partial charge on any atom is 0.321 e. The summed E-state index contributed by atoms with van der Waals surface area (Å²) in [5, 5.41) is 8.83. The van der Waals surface area contributed by atoms with Crippen LogP contribution in [-0.4, -0.2) is 37.6 Å². The second kappa shape index (κ2) is 5.50. The molecular weight excluding hydrogens is 256 g/mol. The normalized spacial score (nSPS) is 21.9. The number of nitrogens with one attached hydrogen (secondary N) is 3. The molecule has 106 valence electrons. The molecule has 2 aliphatic heterocycles. The Morgan fingerprint density at radius 1 is 1.35 bits per heavy atom. The number of anilines is 2. The van der Waals surface area contributed by atoms with E-state index in [4.69, 9.17) is 0 Å². The van der Waals surface area contributed by atoms with Crippen molar-refractivity contribution in [3.63, 3.8) is 0 Å². The summed E-state index contributed by atoms with van der Waals surface area (Å²) in [5.74, 6) is -0.00877. The molecule has 20 heavy (non-hydrogen) atoms. The summed E-state index contributed by atoms with van der Waals surface area (Å²) in [6, 6.07) is 7.19. The maximum absolute atomic E-state index is 12.0. The lowest BCUT2D eigenvalue weighted by atomic mass is 10.2. The zero-order valence-corrected chi connectivity index (χ0v) is 11.2. The van der Waals surface area contributed by atoms with Gasteiger partial charge in [0.15, 0.2) is 0 Å². The van der Waals surface area contributed by atoms with E-state index in [-0.39, 0.29) is 18.0 Å². The largest absolute Gasteiger partial charge is 0.336 e. The highest BCUT2D eigenvalue weighted by Crippen LogP contribution is 2.21. The molecule has 2 saturated heterocycles. The number of carbonyl (C=O) groups is 2. The van der Waals surface area contributed by atoms with Crippen LogP contribution in [0.5, 0.6) is 0 Å². The van der Waals surface area contributed by atoms with Gasteiger partial charge in [-0.2, -0.15) is 0 Å². The second-order valence-electron chi connectivity index (χ2n) is 5.07. The van der Waals surface area contributed by atoms with Gasteiger partial charge in [0, 0.05) is 24.5 Å². The molecule has 1 aromatic carbocycles. The number of amides is 3. The van der Waals surface area contributed by atoms with Gasteiger partial charge in [0.25, 0.3) is 0 Å². The summed E-state index contributed by atoms with van der Waals surface area (Å²) < 4.78 is 0. The van der Waals surface area contributed by atoms with Crippen LogP contribution in [0.3, 0.4) is 0 Å². The molecule has 3 N–H and O–H groups in total. The molecular formula is C14H18N4O2.